The van der Waals surface area contributed by atoms with Crippen molar-refractivity contribution in [2.24, 2.45) is 0 Å². The van der Waals surface area contributed by atoms with E-state index in [1.807, 2.05) is 0 Å². The van der Waals surface area contributed by atoms with E-state index in [0.717, 1.165) is 32.1 Å². The van der Waals surface area contributed by atoms with Crippen LogP contribution in [-0.2, 0) is 14.3 Å². The summed E-state index contributed by atoms with van der Waals surface area (Å²) in [5, 5.41) is 90.5. The number of aliphatic hydroxyl groups excluding tert-OH is 8. The van der Waals surface area contributed by atoms with E-state index < -0.39 is 74.3 Å². The van der Waals surface area contributed by atoms with Crippen molar-refractivity contribution in [3.05, 3.63) is 0 Å². The second-order valence-corrected chi connectivity index (χ2v) is 12.8. The molecular formula is C34H69NO12. The van der Waals surface area contributed by atoms with Crippen molar-refractivity contribution in [1.29, 1.82) is 0 Å². The summed E-state index contributed by atoms with van der Waals surface area (Å²) in [4.78, 5) is 10.3. The van der Waals surface area contributed by atoms with Crippen molar-refractivity contribution in [2.75, 3.05) is 26.3 Å². The Bertz CT molecular complexity index is 719. The van der Waals surface area contributed by atoms with Crippen LogP contribution in [0.25, 0.3) is 0 Å². The van der Waals surface area contributed by atoms with E-state index in [9.17, 15) is 45.6 Å². The second-order valence-electron chi connectivity index (χ2n) is 12.8. The van der Waals surface area contributed by atoms with Gasteiger partial charge in [-0.05, 0) is 19.4 Å². The first-order chi connectivity index (χ1) is 22.5. The van der Waals surface area contributed by atoms with Crippen LogP contribution in [0.4, 0.5) is 0 Å². The van der Waals surface area contributed by atoms with E-state index in [2.05, 4.69) is 19.2 Å². The molecule has 0 aliphatic carbocycles. The third kappa shape index (κ3) is 21.7. The molecule has 0 saturated carbocycles. The molecule has 47 heavy (non-hydrogen) atoms. The molecule has 0 aromatic heterocycles. The fraction of sp³-hybridized carbons (Fsp3) is 0.971. The van der Waals surface area contributed by atoms with Crippen molar-refractivity contribution in [2.45, 2.75) is 185 Å². The molecule has 282 valence electrons. The van der Waals surface area contributed by atoms with Gasteiger partial charge in [0.15, 0.2) is 6.29 Å². The van der Waals surface area contributed by atoms with Gasteiger partial charge in [0.1, 0.15) is 42.7 Å². The Morgan fingerprint density at radius 3 is 1.66 bits per heavy atom. The topological polar surface area (TPSA) is 230 Å². The van der Waals surface area contributed by atoms with Gasteiger partial charge in [0.05, 0.1) is 19.3 Å². The van der Waals surface area contributed by atoms with E-state index in [4.69, 9.17) is 14.6 Å². The van der Waals surface area contributed by atoms with Crippen molar-refractivity contribution in [1.82, 2.24) is 5.32 Å². The van der Waals surface area contributed by atoms with Gasteiger partial charge in [-0.1, -0.05) is 110 Å². The van der Waals surface area contributed by atoms with Gasteiger partial charge in [0.2, 0.25) is 0 Å². The third-order valence-corrected chi connectivity index (χ3v) is 8.49. The molecule has 9 atom stereocenters. The molecule has 13 nitrogen and oxygen atoms in total. The van der Waals surface area contributed by atoms with E-state index in [1.165, 1.54) is 77.0 Å². The summed E-state index contributed by atoms with van der Waals surface area (Å²) in [6.45, 7) is 3.55. The number of rotatable bonds is 28. The highest BCUT2D eigenvalue weighted by molar-refractivity contribution is 5.66. The molecule has 1 saturated heterocycles. The summed E-state index contributed by atoms with van der Waals surface area (Å²) in [6.07, 6.45) is 6.90. The van der Waals surface area contributed by atoms with Gasteiger partial charge in [0.25, 0.3) is 0 Å². The molecule has 1 heterocycles. The van der Waals surface area contributed by atoms with Crippen molar-refractivity contribution in [3.8, 4) is 0 Å². The van der Waals surface area contributed by atoms with Crippen LogP contribution in [0.2, 0.25) is 0 Å². The summed E-state index contributed by atoms with van der Waals surface area (Å²) in [7, 11) is 0. The zero-order chi connectivity index (χ0) is 35.5. The zero-order valence-corrected chi connectivity index (χ0v) is 29.0. The van der Waals surface area contributed by atoms with E-state index in [-0.39, 0.29) is 6.54 Å². The smallest absolute Gasteiger partial charge is 0.303 e. The summed E-state index contributed by atoms with van der Waals surface area (Å²) in [5.74, 6) is -0.657. The molecule has 0 spiro atoms. The number of carbonyl (C=O) groups is 1. The first kappa shape index (κ1) is 46.0. The normalized spacial score (nSPS) is 23.8. The minimum absolute atomic E-state index is 0.00279. The maximum atomic E-state index is 10.5. The lowest BCUT2D eigenvalue weighted by Crippen LogP contribution is -2.61. The van der Waals surface area contributed by atoms with Gasteiger partial charge in [-0.25, -0.2) is 0 Å². The highest BCUT2D eigenvalue weighted by Gasteiger charge is 2.46. The fourth-order valence-electron chi connectivity index (χ4n) is 5.40. The molecular weight excluding hydrogens is 614 g/mol. The van der Waals surface area contributed by atoms with Crippen LogP contribution >= 0.6 is 0 Å². The summed E-state index contributed by atoms with van der Waals surface area (Å²) in [6, 6.07) is 0. The number of ether oxygens (including phenoxy) is 2. The van der Waals surface area contributed by atoms with Gasteiger partial charge >= 0.3 is 5.97 Å². The van der Waals surface area contributed by atoms with Crippen LogP contribution < -0.4 is 5.32 Å². The Balaban J connectivity index is 0.00000111. The number of carboxylic acids is 1. The monoisotopic (exact) mass is 683 g/mol. The van der Waals surface area contributed by atoms with Crippen molar-refractivity contribution < 1.29 is 60.2 Å². The fourth-order valence-corrected chi connectivity index (χ4v) is 5.40. The molecule has 0 bridgehead atoms. The largest absolute Gasteiger partial charge is 0.481 e. The van der Waals surface area contributed by atoms with Gasteiger partial charge in [-0.2, -0.15) is 0 Å². The zero-order valence-electron chi connectivity index (χ0n) is 29.0. The Hall–Kier alpha value is -0.970. The van der Waals surface area contributed by atoms with Gasteiger partial charge in [-0.15, -0.1) is 0 Å². The molecule has 1 fully saturated rings. The molecule has 1 aliphatic rings. The van der Waals surface area contributed by atoms with Crippen LogP contribution in [0.1, 0.15) is 129 Å². The van der Waals surface area contributed by atoms with E-state index >= 15 is 0 Å². The lowest BCUT2D eigenvalue weighted by molar-refractivity contribution is -0.327. The molecule has 1 aliphatic heterocycles. The molecule has 0 aromatic rings. The quantitative estimate of drug-likeness (QED) is 0.0533. The first-order valence-corrected chi connectivity index (χ1v) is 18.1. The van der Waals surface area contributed by atoms with Crippen LogP contribution in [0.15, 0.2) is 0 Å². The number of nitrogens with one attached hydrogen (secondary N) is 1. The standard InChI is InChI=1S/C20H41NO10.C14H28O2/c1-2-3-4-5-6-7-8-21-9-12(24)15(26)19(13(25)10-22)31-20-18(29)17(28)16(27)14(11-23)30-20;1-2-3-4-5-6-7-8-9-10-11-12-13-14(15)16/h12-29H,2-11H2,1H3;2-13H2,1H3,(H,15,16). The number of hydrogen-bond acceptors (Lipinski definition) is 12. The highest BCUT2D eigenvalue weighted by Crippen LogP contribution is 2.25. The average Bonchev–Trinajstić information content (AvgIpc) is 3.06. The average molecular weight is 684 g/mol. The summed E-state index contributed by atoms with van der Waals surface area (Å²) >= 11 is 0. The Kier molecular flexibility index (Phi) is 29.3. The van der Waals surface area contributed by atoms with E-state index in [0.29, 0.717) is 13.0 Å². The van der Waals surface area contributed by atoms with Crippen molar-refractivity contribution >= 4 is 5.97 Å². The van der Waals surface area contributed by atoms with Gasteiger partial charge < -0.3 is 60.7 Å². The van der Waals surface area contributed by atoms with Crippen molar-refractivity contribution in [3.63, 3.8) is 0 Å². The molecule has 10 N–H and O–H groups in total. The Morgan fingerprint density at radius 2 is 1.19 bits per heavy atom. The van der Waals surface area contributed by atoms with E-state index in [1.54, 1.807) is 0 Å². The number of aliphatic carboxylic acids is 1. The maximum absolute atomic E-state index is 10.5. The second kappa shape index (κ2) is 29.9. The predicted molar refractivity (Wildman–Crippen MR) is 179 cm³/mol. The molecule has 0 aromatic carbocycles. The maximum Gasteiger partial charge on any atom is 0.303 e. The van der Waals surface area contributed by atoms with Gasteiger partial charge in [-0.3, -0.25) is 4.79 Å². The highest BCUT2D eigenvalue weighted by atomic mass is 16.7. The predicted octanol–water partition coefficient (Wildman–Crippen LogP) is 1.97. The Morgan fingerprint density at radius 1 is 0.702 bits per heavy atom. The molecule has 13 heteroatoms. The molecule has 9 unspecified atom stereocenters. The minimum atomic E-state index is -1.75. The molecule has 1 rings (SSSR count). The number of hydrogen-bond donors (Lipinski definition) is 10. The van der Waals surface area contributed by atoms with Crippen LogP contribution in [-0.4, -0.2) is 133 Å². The van der Waals surface area contributed by atoms with Crippen LogP contribution in [0.5, 0.6) is 0 Å². The molecule has 0 radical (unpaired) electrons. The SMILES string of the molecule is CCCCCCCCCCCCCC(=O)O.CCCCCCCCNCC(O)C(O)C(OC1OC(CO)C(O)C(O)C1O)C(O)CO. The minimum Gasteiger partial charge on any atom is -0.481 e. The number of unbranched alkanes of at least 4 members (excludes halogenated alkanes) is 15. The number of aliphatic hydroxyl groups is 8. The van der Waals surface area contributed by atoms with Crippen LogP contribution in [0, 0.1) is 0 Å². The lowest BCUT2D eigenvalue weighted by atomic mass is 9.98. The summed E-state index contributed by atoms with van der Waals surface area (Å²) < 4.78 is 10.6. The Labute approximate surface area is 282 Å². The summed E-state index contributed by atoms with van der Waals surface area (Å²) in [5.41, 5.74) is 0. The van der Waals surface area contributed by atoms with Gasteiger partial charge in [0, 0.05) is 13.0 Å². The third-order valence-electron chi connectivity index (χ3n) is 8.49. The first-order valence-electron chi connectivity index (χ1n) is 18.1. The number of carboxylic acid groups (broad SMARTS) is 1. The van der Waals surface area contributed by atoms with Crippen LogP contribution in [0.3, 0.4) is 0 Å². The lowest BCUT2D eigenvalue weighted by Gasteiger charge is -2.42. The molecule has 0 amide bonds.